The lowest BCUT2D eigenvalue weighted by Crippen LogP contribution is -2.36. The molecule has 4 nitrogen and oxygen atoms in total. The third kappa shape index (κ3) is 2.13. The zero-order chi connectivity index (χ0) is 10.7. The summed E-state index contributed by atoms with van der Waals surface area (Å²) >= 11 is 0. The largest absolute Gasteiger partial charge is 0.328 e. The summed E-state index contributed by atoms with van der Waals surface area (Å²) in [5, 5.41) is 0. The molecule has 1 N–H and O–H groups in total. The van der Waals surface area contributed by atoms with Crippen LogP contribution in [0.3, 0.4) is 0 Å². The number of aromatic nitrogens is 2. The fraction of sp³-hybridized carbons (Fsp3) is 0.600. The van der Waals surface area contributed by atoms with Crippen molar-refractivity contribution >= 4 is 0 Å². The fourth-order valence-corrected chi connectivity index (χ4v) is 1.45. The zero-order valence-corrected chi connectivity index (χ0v) is 8.83. The molecule has 0 spiro atoms. The maximum atomic E-state index is 11.5. The maximum absolute atomic E-state index is 11.5. The van der Waals surface area contributed by atoms with Gasteiger partial charge < -0.3 is 4.98 Å². The monoisotopic (exact) mass is 196 g/mol. The van der Waals surface area contributed by atoms with Gasteiger partial charge in [0.05, 0.1) is 0 Å². The van der Waals surface area contributed by atoms with Gasteiger partial charge in [-0.15, -0.1) is 0 Å². The van der Waals surface area contributed by atoms with Crippen molar-refractivity contribution in [2.45, 2.75) is 39.7 Å². The first-order valence-corrected chi connectivity index (χ1v) is 4.91. The predicted molar refractivity (Wildman–Crippen MR) is 55.7 cm³/mol. The average molecular weight is 196 g/mol. The van der Waals surface area contributed by atoms with Gasteiger partial charge in [-0.05, 0) is 20.3 Å². The molecule has 0 fully saturated rings. The van der Waals surface area contributed by atoms with Crippen LogP contribution in [0.25, 0.3) is 0 Å². The van der Waals surface area contributed by atoms with E-state index >= 15 is 0 Å². The number of H-pyrrole nitrogens is 1. The number of aryl methyl sites for hydroxylation is 1. The second kappa shape index (κ2) is 4.26. The van der Waals surface area contributed by atoms with Crippen LogP contribution in [0.4, 0.5) is 0 Å². The Hall–Kier alpha value is -1.32. The molecule has 0 saturated heterocycles. The third-order valence-electron chi connectivity index (χ3n) is 2.06. The predicted octanol–water partition coefficient (Wildman–Crippen LogP) is 1.07. The van der Waals surface area contributed by atoms with Crippen molar-refractivity contribution in [2.75, 3.05) is 0 Å². The molecular formula is C10H16N2O2. The number of nitrogens with one attached hydrogen (secondary N) is 1. The molecule has 0 bridgehead atoms. The van der Waals surface area contributed by atoms with Crippen molar-refractivity contribution in [2.24, 2.45) is 0 Å². The van der Waals surface area contributed by atoms with Crippen LogP contribution in [0.2, 0.25) is 0 Å². The highest BCUT2D eigenvalue weighted by Crippen LogP contribution is 1.96. The smallest absolute Gasteiger partial charge is 0.311 e. The second-order valence-electron chi connectivity index (χ2n) is 3.65. The van der Waals surface area contributed by atoms with E-state index in [9.17, 15) is 9.59 Å². The molecule has 0 atom stereocenters. The first-order valence-electron chi connectivity index (χ1n) is 4.91. The molecule has 0 aliphatic carbocycles. The van der Waals surface area contributed by atoms with E-state index in [-0.39, 0.29) is 17.3 Å². The molecule has 1 heterocycles. The van der Waals surface area contributed by atoms with Gasteiger partial charge in [0, 0.05) is 17.8 Å². The molecular weight excluding hydrogens is 180 g/mol. The van der Waals surface area contributed by atoms with Gasteiger partial charge in [-0.2, -0.15) is 0 Å². The summed E-state index contributed by atoms with van der Waals surface area (Å²) in [5.74, 6) is 0. The Morgan fingerprint density at radius 3 is 2.50 bits per heavy atom. The molecule has 0 unspecified atom stereocenters. The fourth-order valence-electron chi connectivity index (χ4n) is 1.45. The summed E-state index contributed by atoms with van der Waals surface area (Å²) in [7, 11) is 0. The average Bonchev–Trinajstić information content (AvgIpc) is 2.01. The van der Waals surface area contributed by atoms with E-state index in [0.717, 1.165) is 18.5 Å². The first kappa shape index (κ1) is 10.8. The van der Waals surface area contributed by atoms with Gasteiger partial charge in [0.15, 0.2) is 0 Å². The normalized spacial score (nSPS) is 10.9. The van der Waals surface area contributed by atoms with Crippen LogP contribution in [-0.4, -0.2) is 9.55 Å². The molecule has 1 aromatic heterocycles. The molecule has 78 valence electrons. The van der Waals surface area contributed by atoms with E-state index in [2.05, 4.69) is 4.98 Å². The zero-order valence-electron chi connectivity index (χ0n) is 8.83. The van der Waals surface area contributed by atoms with Gasteiger partial charge in [0.25, 0.3) is 5.56 Å². The van der Waals surface area contributed by atoms with Gasteiger partial charge in [-0.3, -0.25) is 9.36 Å². The summed E-state index contributed by atoms with van der Waals surface area (Å²) in [5.41, 5.74) is 0.197. The van der Waals surface area contributed by atoms with E-state index in [1.165, 1.54) is 10.6 Å². The van der Waals surface area contributed by atoms with Crippen LogP contribution in [0.5, 0.6) is 0 Å². The quantitative estimate of drug-likeness (QED) is 0.786. The van der Waals surface area contributed by atoms with Gasteiger partial charge in [0.1, 0.15) is 0 Å². The summed E-state index contributed by atoms with van der Waals surface area (Å²) < 4.78 is 1.22. The van der Waals surface area contributed by atoms with Crippen LogP contribution in [0, 0.1) is 0 Å². The van der Waals surface area contributed by atoms with E-state index in [4.69, 9.17) is 0 Å². The Labute approximate surface area is 82.6 Å². The van der Waals surface area contributed by atoms with Gasteiger partial charge in [-0.25, -0.2) is 4.79 Å². The Kier molecular flexibility index (Phi) is 3.28. The minimum atomic E-state index is -0.309. The van der Waals surface area contributed by atoms with Gasteiger partial charge in [-0.1, -0.05) is 13.3 Å². The van der Waals surface area contributed by atoms with Crippen molar-refractivity contribution in [3.05, 3.63) is 32.6 Å². The summed E-state index contributed by atoms with van der Waals surface area (Å²) in [6, 6.07) is 1.41. The standard InChI is InChI=1S/C10H16N2O2/c1-4-5-8-6-9(13)12(7(2)3)10(14)11-8/h6-7H,4-5H2,1-3H3,(H,11,14). The highest BCUT2D eigenvalue weighted by atomic mass is 16.2. The number of nitrogens with zero attached hydrogens (tertiary/aromatic N) is 1. The summed E-state index contributed by atoms with van der Waals surface area (Å²) in [4.78, 5) is 25.7. The highest BCUT2D eigenvalue weighted by Gasteiger charge is 2.06. The van der Waals surface area contributed by atoms with Crippen molar-refractivity contribution in [1.29, 1.82) is 0 Å². The molecule has 0 aliphatic rings. The van der Waals surface area contributed by atoms with Crippen LogP contribution < -0.4 is 11.2 Å². The topological polar surface area (TPSA) is 54.9 Å². The van der Waals surface area contributed by atoms with Crippen molar-refractivity contribution in [3.63, 3.8) is 0 Å². The Balaban J connectivity index is 3.26. The molecule has 0 amide bonds. The van der Waals surface area contributed by atoms with Crippen LogP contribution in [0.1, 0.15) is 38.9 Å². The lowest BCUT2D eigenvalue weighted by molar-refractivity contribution is 0.541. The molecule has 0 radical (unpaired) electrons. The lowest BCUT2D eigenvalue weighted by atomic mass is 10.2. The van der Waals surface area contributed by atoms with Crippen LogP contribution >= 0.6 is 0 Å². The number of hydrogen-bond acceptors (Lipinski definition) is 2. The molecule has 0 saturated carbocycles. The van der Waals surface area contributed by atoms with E-state index in [0.29, 0.717) is 0 Å². The summed E-state index contributed by atoms with van der Waals surface area (Å²) in [6.45, 7) is 5.64. The Morgan fingerprint density at radius 2 is 2.07 bits per heavy atom. The highest BCUT2D eigenvalue weighted by molar-refractivity contribution is 5.00. The van der Waals surface area contributed by atoms with E-state index < -0.39 is 0 Å². The number of rotatable bonds is 3. The minimum absolute atomic E-state index is 0.0954. The third-order valence-corrected chi connectivity index (χ3v) is 2.06. The lowest BCUT2D eigenvalue weighted by Gasteiger charge is -2.08. The number of hydrogen-bond donors (Lipinski definition) is 1. The van der Waals surface area contributed by atoms with Gasteiger partial charge >= 0.3 is 5.69 Å². The van der Waals surface area contributed by atoms with E-state index in [1.54, 1.807) is 0 Å². The van der Waals surface area contributed by atoms with Crippen molar-refractivity contribution < 1.29 is 0 Å². The molecule has 1 aromatic rings. The van der Waals surface area contributed by atoms with E-state index in [1.807, 2.05) is 20.8 Å². The van der Waals surface area contributed by atoms with Crippen molar-refractivity contribution in [3.8, 4) is 0 Å². The minimum Gasteiger partial charge on any atom is -0.311 e. The first-order chi connectivity index (χ1) is 6.56. The van der Waals surface area contributed by atoms with Crippen LogP contribution in [0.15, 0.2) is 15.7 Å². The molecule has 0 aliphatic heterocycles. The molecule has 1 rings (SSSR count). The van der Waals surface area contributed by atoms with Crippen molar-refractivity contribution in [1.82, 2.24) is 9.55 Å². The maximum Gasteiger partial charge on any atom is 0.328 e. The van der Waals surface area contributed by atoms with Gasteiger partial charge in [0.2, 0.25) is 0 Å². The number of aromatic amines is 1. The summed E-state index contributed by atoms with van der Waals surface area (Å²) in [6.07, 6.45) is 1.66. The molecule has 14 heavy (non-hydrogen) atoms. The SMILES string of the molecule is CCCc1cc(=O)n(C(C)C)c(=O)[nH]1. The van der Waals surface area contributed by atoms with Crippen LogP contribution in [-0.2, 0) is 6.42 Å². The Bertz CT molecular complexity index is 384. The molecule has 0 aromatic carbocycles. The Morgan fingerprint density at radius 1 is 1.43 bits per heavy atom. The second-order valence-corrected chi connectivity index (χ2v) is 3.65. The molecule has 4 heteroatoms.